The minimum Gasteiger partial charge on any atom is -0.383 e. The monoisotopic (exact) mass is 196 g/mol. The van der Waals surface area contributed by atoms with Crippen molar-refractivity contribution in [3.8, 4) is 0 Å². The zero-order valence-corrected chi connectivity index (χ0v) is 8.74. The molecule has 0 fully saturated rings. The molecule has 1 rings (SSSR count). The summed E-state index contributed by atoms with van der Waals surface area (Å²) in [4.78, 5) is 8.31. The Kier molecular flexibility index (Phi) is 4.12. The van der Waals surface area contributed by atoms with E-state index in [9.17, 15) is 0 Å². The molecule has 0 bridgehead atoms. The van der Waals surface area contributed by atoms with Crippen LogP contribution in [-0.4, -0.2) is 36.8 Å². The second-order valence-electron chi connectivity index (χ2n) is 3.04. The zero-order chi connectivity index (χ0) is 10.4. The highest BCUT2D eigenvalue weighted by molar-refractivity contribution is 5.41. The van der Waals surface area contributed by atoms with E-state index in [0.717, 1.165) is 11.6 Å². The van der Waals surface area contributed by atoms with Gasteiger partial charge in [-0.25, -0.2) is 4.98 Å². The van der Waals surface area contributed by atoms with Crippen molar-refractivity contribution in [2.75, 3.05) is 31.4 Å². The molecule has 0 aliphatic carbocycles. The summed E-state index contributed by atoms with van der Waals surface area (Å²) >= 11 is 0. The third kappa shape index (κ3) is 3.18. The lowest BCUT2D eigenvalue weighted by molar-refractivity contribution is 0.190. The molecule has 1 aromatic heterocycles. The molecular weight excluding hydrogens is 180 g/mol. The second kappa shape index (κ2) is 5.39. The van der Waals surface area contributed by atoms with Crippen LogP contribution in [0, 0.1) is 0 Å². The minimum absolute atomic E-state index is 0.224. The summed E-state index contributed by atoms with van der Waals surface area (Å²) in [5, 5.41) is 6.11. The van der Waals surface area contributed by atoms with Crippen molar-refractivity contribution < 1.29 is 4.74 Å². The quantitative estimate of drug-likeness (QED) is 0.734. The van der Waals surface area contributed by atoms with Gasteiger partial charge in [0, 0.05) is 20.2 Å². The molecular formula is C9H16N4O. The predicted molar refractivity (Wildman–Crippen MR) is 56.5 cm³/mol. The van der Waals surface area contributed by atoms with Gasteiger partial charge in [0.1, 0.15) is 11.6 Å². The van der Waals surface area contributed by atoms with Crippen molar-refractivity contribution in [1.82, 2.24) is 9.97 Å². The fourth-order valence-corrected chi connectivity index (χ4v) is 1.10. The van der Waals surface area contributed by atoms with Crippen LogP contribution in [0.4, 0.5) is 11.6 Å². The van der Waals surface area contributed by atoms with E-state index in [1.54, 1.807) is 19.5 Å². The molecule has 78 valence electrons. The van der Waals surface area contributed by atoms with E-state index in [1.807, 2.05) is 14.0 Å². The molecule has 1 atom stereocenters. The van der Waals surface area contributed by atoms with Crippen molar-refractivity contribution in [2.24, 2.45) is 0 Å². The van der Waals surface area contributed by atoms with Crippen molar-refractivity contribution in [2.45, 2.75) is 13.0 Å². The van der Waals surface area contributed by atoms with Gasteiger partial charge in [0.05, 0.1) is 19.0 Å². The number of ether oxygens (including phenoxy) is 1. The Morgan fingerprint density at radius 2 is 2.14 bits per heavy atom. The molecule has 1 aromatic rings. The number of hydrogen-bond donors (Lipinski definition) is 2. The molecule has 0 saturated carbocycles. The highest BCUT2D eigenvalue weighted by Crippen LogP contribution is 2.06. The van der Waals surface area contributed by atoms with Crippen LogP contribution >= 0.6 is 0 Å². The van der Waals surface area contributed by atoms with Gasteiger partial charge in [0.15, 0.2) is 0 Å². The van der Waals surface area contributed by atoms with E-state index < -0.39 is 0 Å². The van der Waals surface area contributed by atoms with E-state index in [1.165, 1.54) is 0 Å². The van der Waals surface area contributed by atoms with Gasteiger partial charge in [-0.3, -0.25) is 4.98 Å². The lowest BCUT2D eigenvalue weighted by Crippen LogP contribution is -2.21. The minimum atomic E-state index is 0.224. The molecule has 1 unspecified atom stereocenters. The van der Waals surface area contributed by atoms with Crippen LogP contribution in [0.5, 0.6) is 0 Å². The number of nitrogens with one attached hydrogen (secondary N) is 2. The van der Waals surface area contributed by atoms with Crippen LogP contribution in [0.15, 0.2) is 12.4 Å². The molecule has 0 spiro atoms. The smallest absolute Gasteiger partial charge is 0.147 e. The first-order valence-corrected chi connectivity index (χ1v) is 4.51. The molecule has 0 aromatic carbocycles. The Balaban J connectivity index is 2.57. The number of aromatic nitrogens is 2. The second-order valence-corrected chi connectivity index (χ2v) is 3.04. The average molecular weight is 196 g/mol. The molecule has 0 radical (unpaired) electrons. The van der Waals surface area contributed by atoms with E-state index in [-0.39, 0.29) is 6.04 Å². The molecule has 5 heteroatoms. The normalized spacial score (nSPS) is 12.2. The summed E-state index contributed by atoms with van der Waals surface area (Å²) in [6.07, 6.45) is 3.36. The molecule has 5 nitrogen and oxygen atoms in total. The van der Waals surface area contributed by atoms with Crippen LogP contribution in [0.25, 0.3) is 0 Å². The van der Waals surface area contributed by atoms with Crippen LogP contribution in [0.2, 0.25) is 0 Å². The summed E-state index contributed by atoms with van der Waals surface area (Å²) < 4.78 is 5.01. The van der Waals surface area contributed by atoms with Gasteiger partial charge in [-0.05, 0) is 6.92 Å². The maximum absolute atomic E-state index is 5.01. The molecule has 2 N–H and O–H groups in total. The van der Waals surface area contributed by atoms with Crippen molar-refractivity contribution >= 4 is 11.6 Å². The van der Waals surface area contributed by atoms with E-state index in [4.69, 9.17) is 4.74 Å². The SMILES string of the molecule is CNc1cncc(NC(C)COC)n1. The van der Waals surface area contributed by atoms with Gasteiger partial charge in [0.25, 0.3) is 0 Å². The van der Waals surface area contributed by atoms with Crippen molar-refractivity contribution in [3.63, 3.8) is 0 Å². The predicted octanol–water partition coefficient (Wildman–Crippen LogP) is 0.965. The lowest BCUT2D eigenvalue weighted by atomic mass is 10.3. The Hall–Kier alpha value is -1.36. The average Bonchev–Trinajstić information content (AvgIpc) is 2.18. The summed E-state index contributed by atoms with van der Waals surface area (Å²) in [7, 11) is 3.49. The fraction of sp³-hybridized carbons (Fsp3) is 0.556. The standard InChI is InChI=1S/C9H16N4O/c1-7(6-14-3)12-9-5-11-4-8(10-2)13-9/h4-5,7H,6H2,1-3H3,(H2,10,12,13). The summed E-state index contributed by atoms with van der Waals surface area (Å²) in [6.45, 7) is 2.67. The maximum atomic E-state index is 5.01. The van der Waals surface area contributed by atoms with Gasteiger partial charge >= 0.3 is 0 Å². The Morgan fingerprint density at radius 1 is 1.43 bits per heavy atom. The third-order valence-corrected chi connectivity index (χ3v) is 1.70. The summed E-state index contributed by atoms with van der Waals surface area (Å²) in [6, 6.07) is 0.224. The Labute approximate surface area is 83.9 Å². The van der Waals surface area contributed by atoms with Gasteiger partial charge in [-0.2, -0.15) is 0 Å². The fourth-order valence-electron chi connectivity index (χ4n) is 1.10. The van der Waals surface area contributed by atoms with E-state index in [0.29, 0.717) is 6.61 Å². The molecule has 0 aliphatic rings. The lowest BCUT2D eigenvalue weighted by Gasteiger charge is -2.13. The molecule has 0 saturated heterocycles. The maximum Gasteiger partial charge on any atom is 0.147 e. The first-order valence-electron chi connectivity index (χ1n) is 4.51. The van der Waals surface area contributed by atoms with Gasteiger partial charge in [-0.1, -0.05) is 0 Å². The number of methoxy groups -OCH3 is 1. The first kappa shape index (κ1) is 10.7. The van der Waals surface area contributed by atoms with Crippen LogP contribution < -0.4 is 10.6 Å². The number of rotatable bonds is 5. The van der Waals surface area contributed by atoms with Gasteiger partial charge in [-0.15, -0.1) is 0 Å². The van der Waals surface area contributed by atoms with Crippen molar-refractivity contribution in [3.05, 3.63) is 12.4 Å². The van der Waals surface area contributed by atoms with Crippen molar-refractivity contribution in [1.29, 1.82) is 0 Å². The Morgan fingerprint density at radius 3 is 2.79 bits per heavy atom. The number of nitrogens with zero attached hydrogens (tertiary/aromatic N) is 2. The summed E-state index contributed by atoms with van der Waals surface area (Å²) in [5.74, 6) is 1.50. The van der Waals surface area contributed by atoms with Crippen LogP contribution in [0.1, 0.15) is 6.92 Å². The molecule has 1 heterocycles. The number of hydrogen-bond acceptors (Lipinski definition) is 5. The third-order valence-electron chi connectivity index (χ3n) is 1.70. The highest BCUT2D eigenvalue weighted by Gasteiger charge is 2.02. The first-order chi connectivity index (χ1) is 6.76. The molecule has 0 aliphatic heterocycles. The van der Waals surface area contributed by atoms with Crippen LogP contribution in [-0.2, 0) is 4.74 Å². The van der Waals surface area contributed by atoms with Gasteiger partial charge in [0.2, 0.25) is 0 Å². The van der Waals surface area contributed by atoms with Crippen LogP contribution in [0.3, 0.4) is 0 Å². The van der Waals surface area contributed by atoms with E-state index in [2.05, 4.69) is 20.6 Å². The van der Waals surface area contributed by atoms with E-state index >= 15 is 0 Å². The van der Waals surface area contributed by atoms with Gasteiger partial charge < -0.3 is 15.4 Å². The zero-order valence-electron chi connectivity index (χ0n) is 8.74. The Bertz CT molecular complexity index is 279. The molecule has 0 amide bonds. The summed E-state index contributed by atoms with van der Waals surface area (Å²) in [5.41, 5.74) is 0. The topological polar surface area (TPSA) is 59.1 Å². The molecule has 14 heavy (non-hydrogen) atoms. The largest absolute Gasteiger partial charge is 0.383 e. The highest BCUT2D eigenvalue weighted by atomic mass is 16.5. The number of anilines is 2.